The third-order valence-electron chi connectivity index (χ3n) is 3.27. The molecular formula is C14H15N2OP. The van der Waals surface area contributed by atoms with Crippen LogP contribution in [-0.4, -0.2) is 27.9 Å². The first kappa shape index (κ1) is 11.6. The maximum Gasteiger partial charge on any atom is 0.133 e. The third-order valence-corrected chi connectivity index (χ3v) is 5.78. The number of carbonyl (C=O) groups is 1. The van der Waals surface area contributed by atoms with Crippen molar-refractivity contribution in [1.29, 1.82) is 0 Å². The number of hydrogen-bond acceptors (Lipinski definition) is 2. The summed E-state index contributed by atoms with van der Waals surface area (Å²) in [5, 5.41) is 4.43. The first-order valence-electron chi connectivity index (χ1n) is 6.21. The van der Waals surface area contributed by atoms with Crippen LogP contribution in [0.3, 0.4) is 0 Å². The fourth-order valence-electron chi connectivity index (χ4n) is 2.29. The van der Waals surface area contributed by atoms with E-state index in [0.29, 0.717) is 5.78 Å². The molecule has 1 saturated heterocycles. The molecule has 1 aliphatic heterocycles. The summed E-state index contributed by atoms with van der Waals surface area (Å²) in [6.07, 6.45) is 5.39. The number of benzene rings is 1. The molecule has 3 nitrogen and oxygen atoms in total. The summed E-state index contributed by atoms with van der Waals surface area (Å²) in [4.78, 5) is 11.3. The Morgan fingerprint density at radius 1 is 1.06 bits per heavy atom. The Morgan fingerprint density at radius 2 is 1.78 bits per heavy atom. The van der Waals surface area contributed by atoms with E-state index in [0.717, 1.165) is 30.9 Å². The first-order chi connectivity index (χ1) is 8.84. The third kappa shape index (κ3) is 2.23. The Morgan fingerprint density at radius 3 is 2.50 bits per heavy atom. The van der Waals surface area contributed by atoms with Crippen molar-refractivity contribution in [2.24, 2.45) is 0 Å². The highest BCUT2D eigenvalue weighted by molar-refractivity contribution is 7.65. The molecule has 0 N–H and O–H groups in total. The molecule has 92 valence electrons. The standard InChI is InChI=1S/C14H15N2OP/c17-13-7-10-18(11-8-13)14-6-9-15-16(14)12-4-2-1-3-5-12/h1-6,9H,7-8,10-11H2. The number of carbonyl (C=O) groups excluding carboxylic acids is 1. The van der Waals surface area contributed by atoms with Gasteiger partial charge in [-0.25, -0.2) is 4.68 Å². The maximum absolute atomic E-state index is 11.3. The molecule has 18 heavy (non-hydrogen) atoms. The number of rotatable bonds is 2. The second-order valence-electron chi connectivity index (χ2n) is 4.46. The molecule has 1 aliphatic rings. The lowest BCUT2D eigenvalue weighted by Crippen LogP contribution is -2.22. The van der Waals surface area contributed by atoms with Crippen LogP contribution in [0.15, 0.2) is 42.6 Å². The van der Waals surface area contributed by atoms with E-state index in [4.69, 9.17) is 0 Å². The molecule has 3 rings (SSSR count). The molecule has 1 aromatic carbocycles. The lowest BCUT2D eigenvalue weighted by Gasteiger charge is -2.22. The minimum absolute atomic E-state index is 0.221. The van der Waals surface area contributed by atoms with Crippen LogP contribution in [0, 0.1) is 0 Å². The van der Waals surface area contributed by atoms with Crippen molar-refractivity contribution in [1.82, 2.24) is 9.78 Å². The zero-order chi connectivity index (χ0) is 12.4. The first-order valence-corrected chi connectivity index (χ1v) is 7.92. The highest BCUT2D eigenvalue weighted by Gasteiger charge is 2.22. The largest absolute Gasteiger partial charge is 0.300 e. The molecule has 0 atom stereocenters. The number of hydrogen-bond donors (Lipinski definition) is 0. The zero-order valence-corrected chi connectivity index (χ0v) is 11.0. The van der Waals surface area contributed by atoms with Crippen molar-refractivity contribution in [3.05, 3.63) is 42.6 Å². The monoisotopic (exact) mass is 258 g/mol. The Bertz CT molecular complexity index is 540. The fourth-order valence-corrected chi connectivity index (χ4v) is 4.72. The van der Waals surface area contributed by atoms with Gasteiger partial charge in [-0.05, 0) is 30.5 Å². The van der Waals surface area contributed by atoms with E-state index in [9.17, 15) is 4.79 Å². The predicted octanol–water partition coefficient (Wildman–Crippen LogP) is 2.34. The van der Waals surface area contributed by atoms with Crippen molar-refractivity contribution >= 4 is 19.1 Å². The summed E-state index contributed by atoms with van der Waals surface area (Å²) in [7, 11) is -0.221. The summed E-state index contributed by atoms with van der Waals surface area (Å²) in [6, 6.07) is 12.3. The molecule has 0 spiro atoms. The van der Waals surface area contributed by atoms with Gasteiger partial charge in [-0.3, -0.25) is 4.79 Å². The van der Waals surface area contributed by atoms with E-state index in [1.807, 2.05) is 29.1 Å². The fraction of sp³-hybridized carbons (Fsp3) is 0.286. The molecule has 1 fully saturated rings. The van der Waals surface area contributed by atoms with Gasteiger partial charge in [0.25, 0.3) is 0 Å². The van der Waals surface area contributed by atoms with Gasteiger partial charge in [0.1, 0.15) is 5.78 Å². The van der Waals surface area contributed by atoms with Crippen molar-refractivity contribution < 1.29 is 4.79 Å². The van der Waals surface area contributed by atoms with Crippen LogP contribution in [0.1, 0.15) is 12.8 Å². The number of aromatic nitrogens is 2. The molecule has 0 bridgehead atoms. The van der Waals surface area contributed by atoms with E-state index < -0.39 is 0 Å². The Balaban J connectivity index is 1.90. The molecule has 0 saturated carbocycles. The van der Waals surface area contributed by atoms with Gasteiger partial charge in [-0.1, -0.05) is 26.1 Å². The van der Waals surface area contributed by atoms with Crippen molar-refractivity contribution in [3.8, 4) is 5.69 Å². The highest BCUT2D eigenvalue weighted by atomic mass is 31.1. The van der Waals surface area contributed by atoms with E-state index in [1.54, 1.807) is 0 Å². The number of nitrogens with zero attached hydrogens (tertiary/aromatic N) is 2. The summed E-state index contributed by atoms with van der Waals surface area (Å²) in [5.74, 6) is 0.416. The van der Waals surface area contributed by atoms with Gasteiger partial charge in [0.05, 0.1) is 17.3 Å². The second-order valence-corrected chi connectivity index (χ2v) is 6.89. The van der Waals surface area contributed by atoms with E-state index in [2.05, 4.69) is 23.3 Å². The van der Waals surface area contributed by atoms with Crippen molar-refractivity contribution in [2.75, 3.05) is 12.3 Å². The van der Waals surface area contributed by atoms with Crippen LogP contribution in [0.5, 0.6) is 0 Å². The van der Waals surface area contributed by atoms with Gasteiger partial charge in [0.2, 0.25) is 0 Å². The minimum Gasteiger partial charge on any atom is -0.300 e. The molecule has 0 radical (unpaired) electrons. The lowest BCUT2D eigenvalue weighted by atomic mass is 10.2. The lowest BCUT2D eigenvalue weighted by molar-refractivity contribution is -0.118. The van der Waals surface area contributed by atoms with E-state index >= 15 is 0 Å². The van der Waals surface area contributed by atoms with Gasteiger partial charge >= 0.3 is 0 Å². The zero-order valence-electron chi connectivity index (χ0n) is 10.1. The van der Waals surface area contributed by atoms with Crippen LogP contribution >= 0.6 is 7.92 Å². The van der Waals surface area contributed by atoms with Crippen molar-refractivity contribution in [3.63, 3.8) is 0 Å². The van der Waals surface area contributed by atoms with Crippen LogP contribution in [0.25, 0.3) is 5.69 Å². The molecule has 1 aromatic heterocycles. The predicted molar refractivity (Wildman–Crippen MR) is 74.1 cm³/mol. The van der Waals surface area contributed by atoms with Crippen LogP contribution in [0.2, 0.25) is 0 Å². The number of ketones is 1. The summed E-state index contributed by atoms with van der Waals surface area (Å²) in [5.41, 5.74) is 2.40. The quantitative estimate of drug-likeness (QED) is 0.775. The SMILES string of the molecule is O=C1CCP(c2ccnn2-c2ccccc2)CC1. The average Bonchev–Trinajstić information content (AvgIpc) is 2.90. The van der Waals surface area contributed by atoms with Crippen molar-refractivity contribution in [2.45, 2.75) is 12.8 Å². The topological polar surface area (TPSA) is 34.9 Å². The summed E-state index contributed by atoms with van der Waals surface area (Å²) < 4.78 is 2.03. The molecule has 0 unspecified atom stereocenters. The summed E-state index contributed by atoms with van der Waals surface area (Å²) >= 11 is 0. The van der Waals surface area contributed by atoms with Gasteiger partial charge in [-0.15, -0.1) is 0 Å². The molecular weight excluding hydrogens is 243 g/mol. The molecule has 0 aliphatic carbocycles. The van der Waals surface area contributed by atoms with Crippen LogP contribution in [0.4, 0.5) is 0 Å². The second kappa shape index (κ2) is 5.03. The van der Waals surface area contributed by atoms with Gasteiger partial charge in [-0.2, -0.15) is 5.10 Å². The van der Waals surface area contributed by atoms with E-state index in [-0.39, 0.29) is 7.92 Å². The highest BCUT2D eigenvalue weighted by Crippen LogP contribution is 2.39. The Hall–Kier alpha value is -1.47. The average molecular weight is 258 g/mol. The van der Waals surface area contributed by atoms with Crippen LogP contribution < -0.4 is 5.44 Å². The Kier molecular flexibility index (Phi) is 3.24. The normalized spacial score (nSPS) is 17.0. The minimum atomic E-state index is -0.221. The molecule has 2 heterocycles. The van der Waals surface area contributed by atoms with Gasteiger partial charge in [0, 0.05) is 12.8 Å². The Labute approximate surface area is 108 Å². The number of para-hydroxylation sites is 1. The van der Waals surface area contributed by atoms with E-state index in [1.165, 1.54) is 5.44 Å². The number of Topliss-reactive ketones (excluding diaryl/α,β-unsaturated/α-hetero) is 1. The van der Waals surface area contributed by atoms with Gasteiger partial charge in [0.15, 0.2) is 0 Å². The van der Waals surface area contributed by atoms with Crippen LogP contribution in [-0.2, 0) is 4.79 Å². The van der Waals surface area contributed by atoms with Gasteiger partial charge < -0.3 is 0 Å². The molecule has 0 amide bonds. The smallest absolute Gasteiger partial charge is 0.133 e. The maximum atomic E-state index is 11.3. The molecule has 4 heteroatoms. The summed E-state index contributed by atoms with van der Waals surface area (Å²) in [6.45, 7) is 0. The molecule has 2 aromatic rings.